The van der Waals surface area contributed by atoms with Crippen LogP contribution in [-0.4, -0.2) is 37.4 Å². The quantitative estimate of drug-likeness (QED) is 0.688. The minimum atomic E-state index is -0.872. The number of benzene rings is 1. The van der Waals surface area contributed by atoms with Gasteiger partial charge in [0.15, 0.2) is 6.04 Å². The summed E-state index contributed by atoms with van der Waals surface area (Å²) in [6.45, 7) is 9.79. The maximum Gasteiger partial charge on any atom is 0.330 e. The molecule has 146 valence electrons. The Morgan fingerprint density at radius 1 is 1.23 bits per heavy atom. The summed E-state index contributed by atoms with van der Waals surface area (Å²) in [7, 11) is 1.28. The fraction of sp³-hybridized carbons (Fsp3) is 0.600. The highest BCUT2D eigenvalue weighted by Crippen LogP contribution is 2.18. The van der Waals surface area contributed by atoms with Gasteiger partial charge >= 0.3 is 12.0 Å². The second-order valence-electron chi connectivity index (χ2n) is 7.35. The maximum absolute atomic E-state index is 12.3. The second kappa shape index (κ2) is 10.2. The lowest BCUT2D eigenvalue weighted by atomic mass is 10.0. The van der Waals surface area contributed by atoms with Gasteiger partial charge in [-0.15, -0.1) is 0 Å². The van der Waals surface area contributed by atoms with Gasteiger partial charge < -0.3 is 20.1 Å². The first-order valence-electron chi connectivity index (χ1n) is 9.05. The smallest absolute Gasteiger partial charge is 0.330 e. The first-order chi connectivity index (χ1) is 12.2. The van der Waals surface area contributed by atoms with Crippen LogP contribution in [0.2, 0.25) is 0 Å². The van der Waals surface area contributed by atoms with Crippen molar-refractivity contribution in [1.29, 1.82) is 0 Å². The van der Waals surface area contributed by atoms with Crippen LogP contribution in [0.25, 0.3) is 0 Å². The average Bonchev–Trinajstić information content (AvgIpc) is 2.57. The van der Waals surface area contributed by atoms with Gasteiger partial charge in [0.25, 0.3) is 0 Å². The molecule has 1 aromatic carbocycles. The summed E-state index contributed by atoms with van der Waals surface area (Å²) < 4.78 is 10.3. The zero-order chi connectivity index (χ0) is 19.7. The zero-order valence-electron chi connectivity index (χ0n) is 16.8. The van der Waals surface area contributed by atoms with E-state index in [4.69, 9.17) is 9.47 Å². The van der Waals surface area contributed by atoms with E-state index in [9.17, 15) is 9.59 Å². The fourth-order valence-corrected chi connectivity index (χ4v) is 2.36. The molecule has 0 heterocycles. The monoisotopic (exact) mass is 364 g/mol. The normalized spacial score (nSPS) is 12.4. The summed E-state index contributed by atoms with van der Waals surface area (Å²) in [6, 6.07) is 4.63. The van der Waals surface area contributed by atoms with E-state index in [1.54, 1.807) is 0 Å². The van der Waals surface area contributed by atoms with E-state index in [0.29, 0.717) is 5.69 Å². The van der Waals surface area contributed by atoms with E-state index in [0.717, 1.165) is 24.8 Å². The Morgan fingerprint density at radius 3 is 2.46 bits per heavy atom. The zero-order valence-corrected chi connectivity index (χ0v) is 16.8. The van der Waals surface area contributed by atoms with Crippen molar-refractivity contribution in [1.82, 2.24) is 5.32 Å². The van der Waals surface area contributed by atoms with Crippen LogP contribution >= 0.6 is 0 Å². The highest BCUT2D eigenvalue weighted by atomic mass is 16.5. The van der Waals surface area contributed by atoms with Gasteiger partial charge in [-0.05, 0) is 57.7 Å². The fourth-order valence-electron chi connectivity index (χ4n) is 2.36. The van der Waals surface area contributed by atoms with E-state index in [-0.39, 0.29) is 6.61 Å². The molecule has 2 N–H and O–H groups in total. The number of carbonyl (C=O) groups excluding carboxylic acids is 2. The Bertz CT molecular complexity index is 608. The first-order valence-corrected chi connectivity index (χ1v) is 9.05. The molecule has 0 saturated carbocycles. The van der Waals surface area contributed by atoms with Crippen LogP contribution in [-0.2, 0) is 20.7 Å². The van der Waals surface area contributed by atoms with Crippen LogP contribution in [0.4, 0.5) is 10.5 Å². The molecular weight excluding hydrogens is 332 g/mol. The standard InChI is InChI=1S/C20H32N2O4/c1-7-8-9-15-10-11-16(14(2)12-15)21-19(24)22-17(18(23)25-6)13-26-20(3,4)5/h10-12,17H,7-9,13H2,1-6H3,(H2,21,22,24). The lowest BCUT2D eigenvalue weighted by Gasteiger charge is -2.24. The first kappa shape index (κ1) is 22.0. The van der Waals surface area contributed by atoms with Gasteiger partial charge in [0.2, 0.25) is 0 Å². The van der Waals surface area contributed by atoms with Crippen molar-refractivity contribution < 1.29 is 19.1 Å². The maximum atomic E-state index is 12.3. The summed E-state index contributed by atoms with van der Waals surface area (Å²) in [5, 5.41) is 5.40. The molecule has 0 radical (unpaired) electrons. The predicted octanol–water partition coefficient (Wildman–Crippen LogP) is 3.82. The van der Waals surface area contributed by atoms with Crippen LogP contribution in [0.3, 0.4) is 0 Å². The third-order valence-electron chi connectivity index (χ3n) is 3.83. The van der Waals surface area contributed by atoms with E-state index < -0.39 is 23.6 Å². The van der Waals surface area contributed by atoms with Crippen LogP contribution in [0.15, 0.2) is 18.2 Å². The Morgan fingerprint density at radius 2 is 1.92 bits per heavy atom. The van der Waals surface area contributed by atoms with Crippen molar-refractivity contribution in [2.24, 2.45) is 0 Å². The number of ether oxygens (including phenoxy) is 2. The SMILES string of the molecule is CCCCc1ccc(NC(=O)NC(COC(C)(C)C)C(=O)OC)c(C)c1. The number of methoxy groups -OCH3 is 1. The number of nitrogens with one attached hydrogen (secondary N) is 2. The highest BCUT2D eigenvalue weighted by molar-refractivity contribution is 5.93. The molecule has 1 atom stereocenters. The number of hydrogen-bond donors (Lipinski definition) is 2. The molecule has 2 amide bonds. The molecule has 0 aliphatic rings. The Hall–Kier alpha value is -2.08. The average molecular weight is 364 g/mol. The van der Waals surface area contributed by atoms with Gasteiger partial charge in [0.05, 0.1) is 19.3 Å². The van der Waals surface area contributed by atoms with Crippen LogP contribution < -0.4 is 10.6 Å². The van der Waals surface area contributed by atoms with Gasteiger partial charge in [0.1, 0.15) is 0 Å². The van der Waals surface area contributed by atoms with Gasteiger partial charge in [0, 0.05) is 5.69 Å². The summed E-state index contributed by atoms with van der Waals surface area (Å²) in [6.07, 6.45) is 3.31. The Balaban J connectivity index is 2.70. The molecule has 0 saturated heterocycles. The molecule has 0 spiro atoms. The molecule has 6 nitrogen and oxygen atoms in total. The van der Waals surface area contributed by atoms with E-state index in [2.05, 4.69) is 23.6 Å². The van der Waals surface area contributed by atoms with Crippen molar-refractivity contribution in [2.45, 2.75) is 65.5 Å². The third-order valence-corrected chi connectivity index (χ3v) is 3.83. The number of esters is 1. The van der Waals surface area contributed by atoms with E-state index in [1.165, 1.54) is 12.7 Å². The molecule has 1 rings (SSSR count). The van der Waals surface area contributed by atoms with Gasteiger partial charge in [-0.1, -0.05) is 25.5 Å². The highest BCUT2D eigenvalue weighted by Gasteiger charge is 2.24. The Labute approximate surface area is 156 Å². The lowest BCUT2D eigenvalue weighted by Crippen LogP contribution is -2.47. The topological polar surface area (TPSA) is 76.7 Å². The van der Waals surface area contributed by atoms with Crippen LogP contribution in [0.1, 0.15) is 51.7 Å². The predicted molar refractivity (Wildman–Crippen MR) is 103 cm³/mol. The number of hydrogen-bond acceptors (Lipinski definition) is 4. The van der Waals surface area contributed by atoms with Crippen LogP contribution in [0.5, 0.6) is 0 Å². The number of unbranched alkanes of at least 4 members (excludes halogenated alkanes) is 1. The molecule has 0 aliphatic carbocycles. The molecule has 0 aromatic heterocycles. The number of aryl methyl sites for hydroxylation is 2. The molecule has 1 unspecified atom stereocenters. The number of urea groups is 1. The number of anilines is 1. The molecule has 6 heteroatoms. The molecule has 1 aromatic rings. The van der Waals surface area contributed by atoms with E-state index in [1.807, 2.05) is 39.8 Å². The lowest BCUT2D eigenvalue weighted by molar-refractivity contribution is -0.145. The molecule has 0 aliphatic heterocycles. The van der Waals surface area contributed by atoms with Crippen molar-refractivity contribution in [3.05, 3.63) is 29.3 Å². The molecular formula is C20H32N2O4. The minimum absolute atomic E-state index is 0.0402. The number of amides is 2. The number of rotatable bonds is 8. The second-order valence-corrected chi connectivity index (χ2v) is 7.35. The van der Waals surface area contributed by atoms with Gasteiger partial charge in [-0.25, -0.2) is 9.59 Å². The molecule has 0 bridgehead atoms. The summed E-state index contributed by atoms with van der Waals surface area (Å²) in [5.41, 5.74) is 2.52. The third kappa shape index (κ3) is 7.87. The molecule has 0 fully saturated rings. The summed E-state index contributed by atoms with van der Waals surface area (Å²) in [5.74, 6) is -0.545. The van der Waals surface area contributed by atoms with Gasteiger partial charge in [-0.2, -0.15) is 0 Å². The molecule has 26 heavy (non-hydrogen) atoms. The Kier molecular flexibility index (Phi) is 8.58. The largest absolute Gasteiger partial charge is 0.467 e. The van der Waals surface area contributed by atoms with Crippen molar-refractivity contribution in [3.8, 4) is 0 Å². The van der Waals surface area contributed by atoms with Crippen LogP contribution in [0, 0.1) is 6.92 Å². The minimum Gasteiger partial charge on any atom is -0.467 e. The van der Waals surface area contributed by atoms with Crippen molar-refractivity contribution in [3.63, 3.8) is 0 Å². The summed E-state index contributed by atoms with van der Waals surface area (Å²) >= 11 is 0. The van der Waals surface area contributed by atoms with E-state index >= 15 is 0 Å². The summed E-state index contributed by atoms with van der Waals surface area (Å²) in [4.78, 5) is 24.2. The van der Waals surface area contributed by atoms with Gasteiger partial charge in [-0.3, -0.25) is 0 Å². The van der Waals surface area contributed by atoms with Crippen molar-refractivity contribution >= 4 is 17.7 Å². The van der Waals surface area contributed by atoms with Crippen molar-refractivity contribution in [2.75, 3.05) is 19.0 Å². The number of carbonyl (C=O) groups is 2.